The first-order valence-corrected chi connectivity index (χ1v) is 5.84. The highest BCUT2D eigenvalue weighted by Gasteiger charge is 2.12. The van der Waals surface area contributed by atoms with Crippen LogP contribution in [0.4, 0.5) is 0 Å². The molecule has 1 heterocycles. The maximum Gasteiger partial charge on any atom is 0.105 e. The molecule has 0 N–H and O–H groups in total. The standard InChI is InChI=1S/C15H15NO/c1-2-12-5-7-13(8-6-12)14(11-16)10-15-4-3-9-17-15/h3-9,14H,2,10H2,1H3. The monoisotopic (exact) mass is 225 g/mol. The molecule has 0 saturated carbocycles. The maximum atomic E-state index is 9.21. The highest BCUT2D eigenvalue weighted by atomic mass is 16.3. The summed E-state index contributed by atoms with van der Waals surface area (Å²) in [5.41, 5.74) is 2.35. The van der Waals surface area contributed by atoms with Crippen molar-refractivity contribution in [3.05, 3.63) is 59.5 Å². The zero-order chi connectivity index (χ0) is 12.1. The zero-order valence-corrected chi connectivity index (χ0v) is 9.89. The van der Waals surface area contributed by atoms with E-state index in [1.807, 2.05) is 24.3 Å². The molecule has 2 aromatic rings. The Hall–Kier alpha value is -2.01. The van der Waals surface area contributed by atoms with E-state index in [0.29, 0.717) is 6.42 Å². The lowest BCUT2D eigenvalue weighted by molar-refractivity contribution is 0.501. The predicted molar refractivity (Wildman–Crippen MR) is 66.6 cm³/mol. The average molecular weight is 225 g/mol. The Balaban J connectivity index is 2.15. The first-order chi connectivity index (χ1) is 8.33. The van der Waals surface area contributed by atoms with Crippen molar-refractivity contribution in [3.8, 4) is 6.07 Å². The minimum atomic E-state index is -0.132. The van der Waals surface area contributed by atoms with Crippen LogP contribution in [0.1, 0.15) is 29.7 Å². The number of nitrogens with zero attached hydrogens (tertiary/aromatic N) is 1. The van der Waals surface area contributed by atoms with Gasteiger partial charge in [-0.2, -0.15) is 5.26 Å². The van der Waals surface area contributed by atoms with Crippen LogP contribution in [0.25, 0.3) is 0 Å². The van der Waals surface area contributed by atoms with Crippen molar-refractivity contribution < 1.29 is 4.42 Å². The third-order valence-corrected chi connectivity index (χ3v) is 2.93. The molecule has 0 radical (unpaired) electrons. The van der Waals surface area contributed by atoms with Gasteiger partial charge in [-0.3, -0.25) is 0 Å². The summed E-state index contributed by atoms with van der Waals surface area (Å²) >= 11 is 0. The van der Waals surface area contributed by atoms with Gasteiger partial charge < -0.3 is 4.42 Å². The molecule has 17 heavy (non-hydrogen) atoms. The molecular formula is C15H15NO. The second-order valence-corrected chi connectivity index (χ2v) is 4.06. The average Bonchev–Trinajstić information content (AvgIpc) is 2.89. The molecule has 0 fully saturated rings. The van der Waals surface area contributed by atoms with Gasteiger partial charge in [0.1, 0.15) is 5.76 Å². The van der Waals surface area contributed by atoms with Gasteiger partial charge in [-0.15, -0.1) is 0 Å². The molecule has 1 atom stereocenters. The molecule has 86 valence electrons. The molecule has 2 rings (SSSR count). The minimum Gasteiger partial charge on any atom is -0.469 e. The number of rotatable bonds is 4. The molecule has 0 saturated heterocycles. The Morgan fingerprint density at radius 1 is 1.24 bits per heavy atom. The van der Waals surface area contributed by atoms with Crippen molar-refractivity contribution in [2.45, 2.75) is 25.7 Å². The Kier molecular flexibility index (Phi) is 3.62. The SMILES string of the molecule is CCc1ccc(C(C#N)Cc2ccco2)cc1. The molecule has 0 aliphatic rings. The fraction of sp³-hybridized carbons (Fsp3) is 0.267. The zero-order valence-electron chi connectivity index (χ0n) is 9.89. The highest BCUT2D eigenvalue weighted by molar-refractivity contribution is 5.30. The summed E-state index contributed by atoms with van der Waals surface area (Å²) in [6, 6.07) is 14.3. The topological polar surface area (TPSA) is 36.9 Å². The number of furan rings is 1. The van der Waals surface area contributed by atoms with Crippen LogP contribution in [0.3, 0.4) is 0 Å². The van der Waals surface area contributed by atoms with Gasteiger partial charge in [0.15, 0.2) is 0 Å². The smallest absolute Gasteiger partial charge is 0.105 e. The van der Waals surface area contributed by atoms with Crippen LogP contribution in [0, 0.1) is 11.3 Å². The lowest BCUT2D eigenvalue weighted by Crippen LogP contribution is -1.99. The summed E-state index contributed by atoms with van der Waals surface area (Å²) in [7, 11) is 0. The molecule has 0 amide bonds. The molecule has 0 spiro atoms. The van der Waals surface area contributed by atoms with Crippen LogP contribution >= 0.6 is 0 Å². The fourth-order valence-electron chi connectivity index (χ4n) is 1.85. The Bertz CT molecular complexity index is 491. The van der Waals surface area contributed by atoms with Crippen LogP contribution in [0.15, 0.2) is 47.1 Å². The van der Waals surface area contributed by atoms with Gasteiger partial charge in [-0.1, -0.05) is 31.2 Å². The second kappa shape index (κ2) is 5.36. The van der Waals surface area contributed by atoms with Crippen LogP contribution in [0.2, 0.25) is 0 Å². The van der Waals surface area contributed by atoms with Gasteiger partial charge in [-0.25, -0.2) is 0 Å². The van der Waals surface area contributed by atoms with E-state index in [-0.39, 0.29) is 5.92 Å². The van der Waals surface area contributed by atoms with E-state index < -0.39 is 0 Å². The first kappa shape index (κ1) is 11.5. The quantitative estimate of drug-likeness (QED) is 0.795. The van der Waals surface area contributed by atoms with Crippen molar-refractivity contribution in [2.75, 3.05) is 0 Å². The van der Waals surface area contributed by atoms with E-state index in [9.17, 15) is 5.26 Å². The number of benzene rings is 1. The summed E-state index contributed by atoms with van der Waals surface area (Å²) in [5, 5.41) is 9.21. The third-order valence-electron chi connectivity index (χ3n) is 2.93. The van der Waals surface area contributed by atoms with Gasteiger partial charge in [0.05, 0.1) is 18.3 Å². The molecule has 2 nitrogen and oxygen atoms in total. The number of nitriles is 1. The molecule has 1 aromatic heterocycles. The van der Waals surface area contributed by atoms with E-state index in [4.69, 9.17) is 4.42 Å². The van der Waals surface area contributed by atoms with E-state index in [1.54, 1.807) is 6.26 Å². The molecule has 0 aliphatic carbocycles. The summed E-state index contributed by atoms with van der Waals surface area (Å²) in [5.74, 6) is 0.725. The summed E-state index contributed by atoms with van der Waals surface area (Å²) in [4.78, 5) is 0. The van der Waals surface area contributed by atoms with E-state index in [1.165, 1.54) is 5.56 Å². The van der Waals surface area contributed by atoms with Gasteiger partial charge in [0.2, 0.25) is 0 Å². The van der Waals surface area contributed by atoms with Gasteiger partial charge in [-0.05, 0) is 29.7 Å². The van der Waals surface area contributed by atoms with Gasteiger partial charge in [0.25, 0.3) is 0 Å². The van der Waals surface area contributed by atoms with Crippen molar-refractivity contribution >= 4 is 0 Å². The first-order valence-electron chi connectivity index (χ1n) is 5.84. The van der Waals surface area contributed by atoms with Gasteiger partial charge >= 0.3 is 0 Å². The summed E-state index contributed by atoms with van der Waals surface area (Å²) in [6.45, 7) is 2.12. The van der Waals surface area contributed by atoms with Crippen molar-refractivity contribution in [1.82, 2.24) is 0 Å². The summed E-state index contributed by atoms with van der Waals surface area (Å²) in [6.07, 6.45) is 3.30. The largest absolute Gasteiger partial charge is 0.469 e. The van der Waals surface area contributed by atoms with E-state index in [0.717, 1.165) is 17.7 Å². The van der Waals surface area contributed by atoms with Gasteiger partial charge in [0, 0.05) is 6.42 Å². The minimum absolute atomic E-state index is 0.132. The Morgan fingerprint density at radius 3 is 2.53 bits per heavy atom. The lowest BCUT2D eigenvalue weighted by Gasteiger charge is -2.08. The Labute approximate surface area is 102 Å². The Morgan fingerprint density at radius 2 is 2.00 bits per heavy atom. The number of hydrogen-bond donors (Lipinski definition) is 0. The van der Waals surface area contributed by atoms with Crippen LogP contribution in [-0.2, 0) is 12.8 Å². The molecule has 0 bridgehead atoms. The highest BCUT2D eigenvalue weighted by Crippen LogP contribution is 2.21. The van der Waals surface area contributed by atoms with Crippen molar-refractivity contribution in [3.63, 3.8) is 0 Å². The number of aryl methyl sites for hydroxylation is 1. The maximum absolute atomic E-state index is 9.21. The third kappa shape index (κ3) is 2.76. The molecule has 2 heteroatoms. The summed E-state index contributed by atoms with van der Waals surface area (Å²) < 4.78 is 5.28. The van der Waals surface area contributed by atoms with Crippen LogP contribution in [-0.4, -0.2) is 0 Å². The fourth-order valence-corrected chi connectivity index (χ4v) is 1.85. The van der Waals surface area contributed by atoms with Crippen LogP contribution in [0.5, 0.6) is 0 Å². The molecular weight excluding hydrogens is 210 g/mol. The molecule has 1 aromatic carbocycles. The van der Waals surface area contributed by atoms with E-state index in [2.05, 4.69) is 25.1 Å². The van der Waals surface area contributed by atoms with Crippen molar-refractivity contribution in [1.29, 1.82) is 5.26 Å². The lowest BCUT2D eigenvalue weighted by atomic mass is 9.95. The van der Waals surface area contributed by atoms with Crippen LogP contribution < -0.4 is 0 Å². The second-order valence-electron chi connectivity index (χ2n) is 4.06. The molecule has 0 aliphatic heterocycles. The van der Waals surface area contributed by atoms with Crippen molar-refractivity contribution in [2.24, 2.45) is 0 Å². The predicted octanol–water partition coefficient (Wildman–Crippen LogP) is 3.69. The number of hydrogen-bond acceptors (Lipinski definition) is 2. The van der Waals surface area contributed by atoms with E-state index >= 15 is 0 Å². The normalized spacial score (nSPS) is 12.0. The molecule has 1 unspecified atom stereocenters.